The highest BCUT2D eigenvalue weighted by molar-refractivity contribution is 6.31. The van der Waals surface area contributed by atoms with Gasteiger partial charge < -0.3 is 0 Å². The van der Waals surface area contributed by atoms with Gasteiger partial charge in [-0.05, 0) is 23.8 Å². The van der Waals surface area contributed by atoms with Gasteiger partial charge in [0, 0.05) is 5.02 Å². The third-order valence-corrected chi connectivity index (χ3v) is 3.17. The zero-order chi connectivity index (χ0) is 13.2. The van der Waals surface area contributed by atoms with Crippen LogP contribution in [-0.2, 0) is 4.79 Å². The first-order valence-corrected chi connectivity index (χ1v) is 6.33. The zero-order valence-electron chi connectivity index (χ0n) is 10.1. The Morgan fingerprint density at radius 2 is 1.84 bits per heavy atom. The quantitative estimate of drug-likeness (QED) is 0.822. The van der Waals surface area contributed by atoms with E-state index >= 15 is 0 Å². The summed E-state index contributed by atoms with van der Waals surface area (Å²) < 4.78 is 0. The molecule has 1 aliphatic rings. The van der Waals surface area contributed by atoms with Crippen LogP contribution < -0.4 is 5.01 Å². The van der Waals surface area contributed by atoms with Crippen molar-refractivity contribution < 1.29 is 4.79 Å². The van der Waals surface area contributed by atoms with E-state index in [1.165, 1.54) is 5.01 Å². The SMILES string of the molecule is O=C1CC(c2ccccc2)=NN1c1cccc(Cl)c1. The Labute approximate surface area is 116 Å². The van der Waals surface area contributed by atoms with Gasteiger partial charge in [-0.2, -0.15) is 5.10 Å². The highest BCUT2D eigenvalue weighted by Crippen LogP contribution is 2.25. The average molecular weight is 271 g/mol. The monoisotopic (exact) mass is 270 g/mol. The molecule has 1 amide bonds. The van der Waals surface area contributed by atoms with Crippen molar-refractivity contribution in [2.75, 3.05) is 5.01 Å². The number of hydrazone groups is 1. The van der Waals surface area contributed by atoms with Crippen molar-refractivity contribution in [3.05, 3.63) is 65.2 Å². The Kier molecular flexibility index (Phi) is 3.05. The number of rotatable bonds is 2. The normalized spacial score (nSPS) is 14.7. The maximum atomic E-state index is 12.0. The van der Waals surface area contributed by atoms with Crippen molar-refractivity contribution >= 4 is 28.9 Å². The lowest BCUT2D eigenvalue weighted by molar-refractivity contribution is -0.116. The van der Waals surface area contributed by atoms with Crippen LogP contribution in [0.5, 0.6) is 0 Å². The molecule has 2 aromatic carbocycles. The molecule has 0 bridgehead atoms. The molecule has 0 saturated heterocycles. The van der Waals surface area contributed by atoms with Gasteiger partial charge in [0.15, 0.2) is 0 Å². The Hall–Kier alpha value is -2.13. The molecule has 0 spiro atoms. The summed E-state index contributed by atoms with van der Waals surface area (Å²) in [5.41, 5.74) is 2.45. The number of carbonyl (C=O) groups is 1. The lowest BCUT2D eigenvalue weighted by Crippen LogP contribution is -2.19. The number of anilines is 1. The minimum Gasteiger partial charge on any atom is -0.272 e. The molecule has 1 aliphatic heterocycles. The highest BCUT2D eigenvalue weighted by atomic mass is 35.5. The molecule has 4 heteroatoms. The lowest BCUT2D eigenvalue weighted by Gasteiger charge is -2.11. The largest absolute Gasteiger partial charge is 0.272 e. The third kappa shape index (κ3) is 2.37. The second-order valence-corrected chi connectivity index (χ2v) is 4.71. The second-order valence-electron chi connectivity index (χ2n) is 4.27. The maximum absolute atomic E-state index is 12.0. The molecule has 3 nitrogen and oxygen atoms in total. The van der Waals surface area contributed by atoms with Crippen LogP contribution in [-0.4, -0.2) is 11.6 Å². The van der Waals surface area contributed by atoms with Gasteiger partial charge in [-0.15, -0.1) is 0 Å². The van der Waals surface area contributed by atoms with Crippen molar-refractivity contribution in [3.8, 4) is 0 Å². The zero-order valence-corrected chi connectivity index (χ0v) is 10.8. The van der Waals surface area contributed by atoms with Gasteiger partial charge in [-0.25, -0.2) is 5.01 Å². The maximum Gasteiger partial charge on any atom is 0.253 e. The van der Waals surface area contributed by atoms with Gasteiger partial charge in [-0.3, -0.25) is 4.79 Å². The van der Waals surface area contributed by atoms with Crippen LogP contribution in [0.15, 0.2) is 59.7 Å². The lowest BCUT2D eigenvalue weighted by atomic mass is 10.1. The highest BCUT2D eigenvalue weighted by Gasteiger charge is 2.25. The van der Waals surface area contributed by atoms with E-state index in [9.17, 15) is 4.79 Å². The molecule has 0 unspecified atom stereocenters. The third-order valence-electron chi connectivity index (χ3n) is 2.94. The molecule has 0 fully saturated rings. The molecular weight excluding hydrogens is 260 g/mol. The van der Waals surface area contributed by atoms with Crippen molar-refractivity contribution in [1.82, 2.24) is 0 Å². The molecule has 2 aromatic rings. The first-order chi connectivity index (χ1) is 9.24. The van der Waals surface area contributed by atoms with Gasteiger partial charge in [-0.1, -0.05) is 48.0 Å². The van der Waals surface area contributed by atoms with Crippen LogP contribution in [0, 0.1) is 0 Å². The molecule has 1 heterocycles. The van der Waals surface area contributed by atoms with Gasteiger partial charge >= 0.3 is 0 Å². The Morgan fingerprint density at radius 3 is 2.58 bits per heavy atom. The van der Waals surface area contributed by atoms with Gasteiger partial charge in [0.25, 0.3) is 5.91 Å². The van der Waals surface area contributed by atoms with Crippen LogP contribution in [0.3, 0.4) is 0 Å². The van der Waals surface area contributed by atoms with Crippen molar-refractivity contribution in [2.24, 2.45) is 5.10 Å². The van der Waals surface area contributed by atoms with Crippen LogP contribution in [0.25, 0.3) is 0 Å². The molecule has 19 heavy (non-hydrogen) atoms. The first kappa shape index (κ1) is 11.9. The van der Waals surface area contributed by atoms with Crippen molar-refractivity contribution in [1.29, 1.82) is 0 Å². The van der Waals surface area contributed by atoms with E-state index in [4.69, 9.17) is 11.6 Å². The molecular formula is C15H11ClN2O. The predicted octanol–water partition coefficient (Wildman–Crippen LogP) is 3.48. The summed E-state index contributed by atoms with van der Waals surface area (Å²) >= 11 is 5.94. The predicted molar refractivity (Wildman–Crippen MR) is 76.5 cm³/mol. The first-order valence-electron chi connectivity index (χ1n) is 5.95. The molecule has 3 rings (SSSR count). The van der Waals surface area contributed by atoms with Gasteiger partial charge in [0.05, 0.1) is 17.8 Å². The molecule has 0 radical (unpaired) electrons. The number of nitrogens with zero attached hydrogens (tertiary/aromatic N) is 2. The van der Waals surface area contributed by atoms with Crippen molar-refractivity contribution in [3.63, 3.8) is 0 Å². The van der Waals surface area contributed by atoms with Gasteiger partial charge in [0.1, 0.15) is 0 Å². The minimum atomic E-state index is -0.0406. The number of halogens is 1. The van der Waals surface area contributed by atoms with Crippen LogP contribution >= 0.6 is 11.6 Å². The molecule has 0 aromatic heterocycles. The fraction of sp³-hybridized carbons (Fsp3) is 0.0667. The van der Waals surface area contributed by atoms with E-state index in [1.807, 2.05) is 36.4 Å². The fourth-order valence-electron chi connectivity index (χ4n) is 2.03. The number of hydrogen-bond donors (Lipinski definition) is 0. The molecule has 0 aliphatic carbocycles. The molecule has 0 atom stereocenters. The number of amides is 1. The Bertz CT molecular complexity index is 652. The molecule has 94 valence electrons. The Balaban J connectivity index is 1.96. The van der Waals surface area contributed by atoms with Crippen LogP contribution in [0.2, 0.25) is 5.02 Å². The van der Waals surface area contributed by atoms with E-state index in [0.29, 0.717) is 17.1 Å². The van der Waals surface area contributed by atoms with E-state index in [1.54, 1.807) is 18.2 Å². The van der Waals surface area contributed by atoms with Gasteiger partial charge in [0.2, 0.25) is 0 Å². The molecule has 0 saturated carbocycles. The Morgan fingerprint density at radius 1 is 1.05 bits per heavy atom. The summed E-state index contributed by atoms with van der Waals surface area (Å²) in [6.07, 6.45) is 0.316. The number of hydrogen-bond acceptors (Lipinski definition) is 2. The number of benzene rings is 2. The van der Waals surface area contributed by atoms with Crippen LogP contribution in [0.4, 0.5) is 5.69 Å². The standard InChI is InChI=1S/C15H11ClN2O/c16-12-7-4-8-13(9-12)18-15(19)10-14(17-18)11-5-2-1-3-6-11/h1-9H,10H2. The summed E-state index contributed by atoms with van der Waals surface area (Å²) in [5, 5.41) is 6.39. The van der Waals surface area contributed by atoms with E-state index in [-0.39, 0.29) is 5.91 Å². The summed E-state index contributed by atoms with van der Waals surface area (Å²) in [5.74, 6) is -0.0406. The smallest absolute Gasteiger partial charge is 0.253 e. The summed E-state index contributed by atoms with van der Waals surface area (Å²) in [4.78, 5) is 12.0. The second kappa shape index (κ2) is 4.86. The van der Waals surface area contributed by atoms with Crippen molar-refractivity contribution in [2.45, 2.75) is 6.42 Å². The average Bonchev–Trinajstić information content (AvgIpc) is 2.82. The minimum absolute atomic E-state index is 0.0406. The summed E-state index contributed by atoms with van der Waals surface area (Å²) in [6.45, 7) is 0. The fourth-order valence-corrected chi connectivity index (χ4v) is 2.21. The summed E-state index contributed by atoms with van der Waals surface area (Å²) in [7, 11) is 0. The van der Waals surface area contributed by atoms with E-state index in [2.05, 4.69) is 5.10 Å². The van der Waals surface area contributed by atoms with E-state index < -0.39 is 0 Å². The molecule has 0 N–H and O–H groups in total. The summed E-state index contributed by atoms with van der Waals surface area (Å²) in [6, 6.07) is 16.8. The topological polar surface area (TPSA) is 32.7 Å². The van der Waals surface area contributed by atoms with E-state index in [0.717, 1.165) is 11.3 Å². The number of carbonyl (C=O) groups excluding carboxylic acids is 1. The van der Waals surface area contributed by atoms with Crippen LogP contribution in [0.1, 0.15) is 12.0 Å².